The van der Waals surface area contributed by atoms with Crippen LogP contribution in [0.25, 0.3) is 6.08 Å². The van der Waals surface area contributed by atoms with Crippen molar-refractivity contribution in [2.75, 3.05) is 5.75 Å². The Hall–Kier alpha value is -1.09. The first-order chi connectivity index (χ1) is 11.0. The number of carboxylic acids is 1. The molecule has 1 aliphatic rings. The Kier molecular flexibility index (Phi) is 5.64. The molecule has 1 aliphatic heterocycles. The fourth-order valence-electron chi connectivity index (χ4n) is 2.15. The Balaban J connectivity index is 2.35. The Morgan fingerprint density at radius 2 is 1.83 bits per heavy atom. The molecule has 0 atom stereocenters. The lowest BCUT2D eigenvalue weighted by Gasteiger charge is -2.32. The molecule has 1 aromatic heterocycles. The highest BCUT2D eigenvalue weighted by Gasteiger charge is 2.52. The monoisotopic (exact) mass is 368 g/mol. The molecule has 0 aliphatic carbocycles. The van der Waals surface area contributed by atoms with Crippen LogP contribution in [-0.4, -0.2) is 40.3 Å². The van der Waals surface area contributed by atoms with Gasteiger partial charge in [0.1, 0.15) is 0 Å². The number of carbonyl (C=O) groups excluding carboxylic acids is 1. The van der Waals surface area contributed by atoms with Gasteiger partial charge in [-0.3, -0.25) is 4.79 Å². The molecule has 1 saturated heterocycles. The quantitative estimate of drug-likeness (QED) is 0.799. The van der Waals surface area contributed by atoms with E-state index in [4.69, 9.17) is 9.31 Å². The molecular formula is C16H21BO5S2. The maximum atomic E-state index is 11.4. The normalized spacial score (nSPS) is 19.5. The molecule has 0 bridgehead atoms. The van der Waals surface area contributed by atoms with Crippen molar-refractivity contribution in [2.45, 2.75) is 45.8 Å². The lowest BCUT2D eigenvalue weighted by atomic mass is 9.78. The first-order valence-electron chi connectivity index (χ1n) is 7.52. The Morgan fingerprint density at radius 3 is 2.33 bits per heavy atom. The predicted octanol–water partition coefficient (Wildman–Crippen LogP) is 3.74. The van der Waals surface area contributed by atoms with Crippen molar-refractivity contribution in [1.29, 1.82) is 0 Å². The highest BCUT2D eigenvalue weighted by atomic mass is 32.2. The average Bonchev–Trinajstić information content (AvgIpc) is 2.97. The molecule has 0 unspecified atom stereocenters. The van der Waals surface area contributed by atoms with E-state index < -0.39 is 24.3 Å². The molecule has 1 N–H and O–H groups in total. The van der Waals surface area contributed by atoms with Gasteiger partial charge in [-0.25, -0.2) is 4.79 Å². The second-order valence-corrected chi connectivity index (χ2v) is 8.53. The van der Waals surface area contributed by atoms with E-state index in [2.05, 4.69) is 0 Å². The molecule has 2 heterocycles. The van der Waals surface area contributed by atoms with Gasteiger partial charge in [0.2, 0.25) is 0 Å². The van der Waals surface area contributed by atoms with Crippen LogP contribution >= 0.6 is 23.1 Å². The molecule has 130 valence electrons. The molecule has 1 aromatic rings. The maximum absolute atomic E-state index is 11.4. The van der Waals surface area contributed by atoms with Crippen LogP contribution < -0.4 is 0 Å². The topological polar surface area (TPSA) is 72.8 Å². The fraction of sp³-hybridized carbons (Fsp3) is 0.500. The zero-order valence-corrected chi connectivity index (χ0v) is 16.0. The van der Waals surface area contributed by atoms with Gasteiger partial charge in [-0.15, -0.1) is 0 Å². The van der Waals surface area contributed by atoms with Crippen LogP contribution in [0.5, 0.6) is 0 Å². The molecule has 0 saturated carbocycles. The van der Waals surface area contributed by atoms with Crippen LogP contribution in [0.4, 0.5) is 0 Å². The molecule has 0 spiro atoms. The van der Waals surface area contributed by atoms with Gasteiger partial charge in [-0.05, 0) is 44.1 Å². The summed E-state index contributed by atoms with van der Waals surface area (Å²) < 4.78 is 12.1. The van der Waals surface area contributed by atoms with E-state index in [0.717, 1.165) is 17.2 Å². The zero-order valence-electron chi connectivity index (χ0n) is 14.4. The maximum Gasteiger partial charge on any atom is 0.491 e. The van der Waals surface area contributed by atoms with E-state index in [-0.39, 0.29) is 10.7 Å². The summed E-state index contributed by atoms with van der Waals surface area (Å²) in [4.78, 5) is 22.7. The van der Waals surface area contributed by atoms with Gasteiger partial charge < -0.3 is 14.4 Å². The number of thiophene rings is 1. The van der Waals surface area contributed by atoms with Gasteiger partial charge in [0.05, 0.1) is 16.8 Å². The van der Waals surface area contributed by atoms with E-state index in [0.29, 0.717) is 11.3 Å². The van der Waals surface area contributed by atoms with Crippen LogP contribution in [0.1, 0.15) is 50.5 Å². The third-order valence-electron chi connectivity index (χ3n) is 4.26. The molecule has 0 radical (unpaired) electrons. The second kappa shape index (κ2) is 7.03. The molecule has 5 nitrogen and oxygen atoms in total. The van der Waals surface area contributed by atoms with Crippen molar-refractivity contribution in [3.63, 3.8) is 0 Å². The summed E-state index contributed by atoms with van der Waals surface area (Å²) in [5, 5.41) is 12.6. The van der Waals surface area contributed by atoms with Crippen LogP contribution in [0.3, 0.4) is 0 Å². The highest BCUT2D eigenvalue weighted by molar-refractivity contribution is 8.13. The van der Waals surface area contributed by atoms with Crippen molar-refractivity contribution < 1.29 is 24.0 Å². The standard InChI is InChI=1S/C16H21BO5S2/c1-10(18)24-8-12(6-11-7-23-9-13(11)14(19)20)17-21-15(2,3)16(4,5)22-17/h6-7,9H,8H2,1-5H3,(H,19,20). The fourth-order valence-corrected chi connectivity index (χ4v) is 3.52. The minimum absolute atomic E-state index is 0.0128. The summed E-state index contributed by atoms with van der Waals surface area (Å²) in [5.74, 6) is -0.587. The van der Waals surface area contributed by atoms with Crippen molar-refractivity contribution in [3.8, 4) is 0 Å². The van der Waals surface area contributed by atoms with Crippen LogP contribution in [0.15, 0.2) is 16.2 Å². The predicted molar refractivity (Wildman–Crippen MR) is 98.5 cm³/mol. The first-order valence-corrected chi connectivity index (χ1v) is 9.45. The summed E-state index contributed by atoms with van der Waals surface area (Å²) in [6.45, 7) is 9.32. The van der Waals surface area contributed by atoms with E-state index in [1.165, 1.54) is 18.3 Å². The van der Waals surface area contributed by atoms with Gasteiger partial charge in [-0.2, -0.15) is 11.3 Å². The summed E-state index contributed by atoms with van der Waals surface area (Å²) in [5.41, 5.74) is 0.585. The van der Waals surface area contributed by atoms with Gasteiger partial charge in [0, 0.05) is 18.1 Å². The number of rotatable bonds is 5. The average molecular weight is 368 g/mol. The number of hydrogen-bond acceptors (Lipinski definition) is 6. The molecule has 2 rings (SSSR count). The van der Waals surface area contributed by atoms with Crippen molar-refractivity contribution in [3.05, 3.63) is 27.4 Å². The number of carboxylic acid groups (broad SMARTS) is 1. The van der Waals surface area contributed by atoms with E-state index in [9.17, 15) is 14.7 Å². The Labute approximate surface area is 150 Å². The molecule has 1 fully saturated rings. The lowest BCUT2D eigenvalue weighted by Crippen LogP contribution is -2.41. The minimum atomic E-state index is -0.977. The van der Waals surface area contributed by atoms with Crippen molar-refractivity contribution >= 4 is 47.4 Å². The van der Waals surface area contributed by atoms with E-state index in [1.54, 1.807) is 16.8 Å². The third kappa shape index (κ3) is 4.11. The minimum Gasteiger partial charge on any atom is -0.478 e. The largest absolute Gasteiger partial charge is 0.491 e. The number of aromatic carboxylic acids is 1. The van der Waals surface area contributed by atoms with Crippen LogP contribution in [-0.2, 0) is 14.1 Å². The molecular weight excluding hydrogens is 347 g/mol. The zero-order chi connectivity index (χ0) is 18.1. The molecule has 24 heavy (non-hydrogen) atoms. The molecule has 0 amide bonds. The number of carbonyl (C=O) groups is 2. The van der Waals surface area contributed by atoms with Gasteiger partial charge in [0.15, 0.2) is 5.12 Å². The Bertz CT molecular complexity index is 662. The second-order valence-electron chi connectivity index (χ2n) is 6.63. The van der Waals surface area contributed by atoms with Crippen molar-refractivity contribution in [2.24, 2.45) is 0 Å². The first kappa shape index (κ1) is 19.2. The van der Waals surface area contributed by atoms with E-state index >= 15 is 0 Å². The lowest BCUT2D eigenvalue weighted by molar-refractivity contribution is -0.109. The molecule has 0 aromatic carbocycles. The smallest absolute Gasteiger partial charge is 0.478 e. The summed E-state index contributed by atoms with van der Waals surface area (Å²) in [6.07, 6.45) is 1.76. The van der Waals surface area contributed by atoms with Gasteiger partial charge in [-0.1, -0.05) is 17.8 Å². The number of hydrogen-bond donors (Lipinski definition) is 1. The summed E-state index contributed by atoms with van der Waals surface area (Å²) >= 11 is 2.47. The number of thioether (sulfide) groups is 1. The summed E-state index contributed by atoms with van der Waals surface area (Å²) in [7, 11) is -0.608. The highest BCUT2D eigenvalue weighted by Crippen LogP contribution is 2.39. The third-order valence-corrected chi connectivity index (χ3v) is 5.91. The van der Waals surface area contributed by atoms with E-state index in [1.807, 2.05) is 27.7 Å². The SMILES string of the molecule is CC(=O)SCC(=Cc1cscc1C(=O)O)B1OC(C)(C)C(C)(C)O1. The van der Waals surface area contributed by atoms with Crippen LogP contribution in [0, 0.1) is 0 Å². The van der Waals surface area contributed by atoms with Gasteiger partial charge in [0.25, 0.3) is 0 Å². The Morgan fingerprint density at radius 1 is 1.25 bits per heavy atom. The van der Waals surface area contributed by atoms with Crippen molar-refractivity contribution in [1.82, 2.24) is 0 Å². The van der Waals surface area contributed by atoms with Gasteiger partial charge >= 0.3 is 13.1 Å². The molecule has 8 heteroatoms. The summed E-state index contributed by atoms with van der Waals surface area (Å²) in [6, 6.07) is 0. The van der Waals surface area contributed by atoms with Crippen LogP contribution in [0.2, 0.25) is 0 Å².